The van der Waals surface area contributed by atoms with Crippen LogP contribution in [-0.4, -0.2) is 6.04 Å². The molecule has 2 unspecified atom stereocenters. The summed E-state index contributed by atoms with van der Waals surface area (Å²) < 4.78 is 0. The molecule has 2 rings (SSSR count). The molecular formula is C14H21N. The molecule has 0 aromatic heterocycles. The maximum absolute atomic E-state index is 5.94. The third-order valence-electron chi connectivity index (χ3n) is 3.55. The minimum absolute atomic E-state index is 0.430. The standard InChI is InChI=1S/C14H21N/c1-10(2)11-3-5-12(6-4-11)13-7-8-14(15)9-13/h3-6,10,13-14H,7-9,15H2,1-2H3. The van der Waals surface area contributed by atoms with E-state index in [0.717, 1.165) is 0 Å². The smallest absolute Gasteiger partial charge is 0.00448 e. The Morgan fingerprint density at radius 3 is 2.27 bits per heavy atom. The highest BCUT2D eigenvalue weighted by atomic mass is 14.6. The van der Waals surface area contributed by atoms with Crippen LogP contribution >= 0.6 is 0 Å². The van der Waals surface area contributed by atoms with Gasteiger partial charge < -0.3 is 5.73 Å². The van der Waals surface area contributed by atoms with Gasteiger partial charge in [-0.25, -0.2) is 0 Å². The fourth-order valence-electron chi connectivity index (χ4n) is 2.47. The zero-order valence-electron chi connectivity index (χ0n) is 9.74. The van der Waals surface area contributed by atoms with Crippen molar-refractivity contribution in [3.63, 3.8) is 0 Å². The molecule has 1 fully saturated rings. The zero-order chi connectivity index (χ0) is 10.8. The predicted octanol–water partition coefficient (Wildman–Crippen LogP) is 3.40. The molecule has 0 amide bonds. The van der Waals surface area contributed by atoms with Gasteiger partial charge in [-0.1, -0.05) is 38.1 Å². The second-order valence-corrected chi connectivity index (χ2v) is 5.09. The lowest BCUT2D eigenvalue weighted by molar-refractivity contribution is 0.674. The topological polar surface area (TPSA) is 26.0 Å². The predicted molar refractivity (Wildman–Crippen MR) is 65.1 cm³/mol. The monoisotopic (exact) mass is 203 g/mol. The van der Waals surface area contributed by atoms with Gasteiger partial charge in [0.15, 0.2) is 0 Å². The lowest BCUT2D eigenvalue weighted by atomic mass is 9.94. The SMILES string of the molecule is CC(C)c1ccc(C2CCC(N)C2)cc1. The quantitative estimate of drug-likeness (QED) is 0.783. The van der Waals surface area contributed by atoms with E-state index >= 15 is 0 Å². The third kappa shape index (κ3) is 2.40. The van der Waals surface area contributed by atoms with Gasteiger partial charge in [0.05, 0.1) is 0 Å². The van der Waals surface area contributed by atoms with Crippen LogP contribution in [0.25, 0.3) is 0 Å². The molecule has 82 valence electrons. The van der Waals surface area contributed by atoms with Crippen LogP contribution in [0.15, 0.2) is 24.3 Å². The maximum Gasteiger partial charge on any atom is 0.00448 e. The fraction of sp³-hybridized carbons (Fsp3) is 0.571. The summed E-state index contributed by atoms with van der Waals surface area (Å²) in [6.45, 7) is 4.47. The van der Waals surface area contributed by atoms with Crippen LogP contribution in [0.3, 0.4) is 0 Å². The van der Waals surface area contributed by atoms with E-state index in [1.54, 1.807) is 0 Å². The van der Waals surface area contributed by atoms with Crippen molar-refractivity contribution in [1.29, 1.82) is 0 Å². The summed E-state index contributed by atoms with van der Waals surface area (Å²) in [6, 6.07) is 9.55. The van der Waals surface area contributed by atoms with Gasteiger partial charge in [0.2, 0.25) is 0 Å². The van der Waals surface area contributed by atoms with Crippen LogP contribution < -0.4 is 5.73 Å². The van der Waals surface area contributed by atoms with E-state index in [2.05, 4.69) is 38.1 Å². The van der Waals surface area contributed by atoms with Gasteiger partial charge in [-0.2, -0.15) is 0 Å². The average molecular weight is 203 g/mol. The first-order valence-electron chi connectivity index (χ1n) is 6.02. The van der Waals surface area contributed by atoms with E-state index in [0.29, 0.717) is 17.9 Å². The second kappa shape index (κ2) is 4.36. The van der Waals surface area contributed by atoms with E-state index in [1.807, 2.05) is 0 Å². The Hall–Kier alpha value is -0.820. The van der Waals surface area contributed by atoms with Crippen molar-refractivity contribution >= 4 is 0 Å². The zero-order valence-corrected chi connectivity index (χ0v) is 9.74. The number of rotatable bonds is 2. The first-order valence-corrected chi connectivity index (χ1v) is 6.02. The van der Waals surface area contributed by atoms with Gasteiger partial charge in [0.1, 0.15) is 0 Å². The lowest BCUT2D eigenvalue weighted by Gasteiger charge is -2.12. The van der Waals surface area contributed by atoms with E-state index in [-0.39, 0.29) is 0 Å². The molecule has 2 N–H and O–H groups in total. The average Bonchev–Trinajstić information content (AvgIpc) is 2.65. The molecule has 0 heterocycles. The van der Waals surface area contributed by atoms with E-state index in [1.165, 1.54) is 30.4 Å². The van der Waals surface area contributed by atoms with E-state index < -0.39 is 0 Å². The van der Waals surface area contributed by atoms with Crippen molar-refractivity contribution < 1.29 is 0 Å². The first kappa shape index (κ1) is 10.7. The number of benzene rings is 1. The van der Waals surface area contributed by atoms with Crippen LogP contribution in [0.4, 0.5) is 0 Å². The van der Waals surface area contributed by atoms with Crippen molar-refractivity contribution in [3.8, 4) is 0 Å². The van der Waals surface area contributed by atoms with Crippen LogP contribution in [0.1, 0.15) is 56.1 Å². The van der Waals surface area contributed by atoms with Gasteiger partial charge in [-0.3, -0.25) is 0 Å². The summed E-state index contributed by atoms with van der Waals surface area (Å²) >= 11 is 0. The van der Waals surface area contributed by atoms with Crippen molar-refractivity contribution in [2.24, 2.45) is 5.73 Å². The molecule has 0 radical (unpaired) electrons. The Morgan fingerprint density at radius 1 is 1.13 bits per heavy atom. The third-order valence-corrected chi connectivity index (χ3v) is 3.55. The molecule has 0 bridgehead atoms. The Kier molecular flexibility index (Phi) is 3.11. The minimum atomic E-state index is 0.430. The molecule has 1 aliphatic rings. The lowest BCUT2D eigenvalue weighted by Crippen LogP contribution is -2.14. The van der Waals surface area contributed by atoms with Gasteiger partial charge >= 0.3 is 0 Å². The molecule has 15 heavy (non-hydrogen) atoms. The van der Waals surface area contributed by atoms with Crippen molar-refractivity contribution in [2.45, 2.75) is 51.0 Å². The second-order valence-electron chi connectivity index (χ2n) is 5.09. The van der Waals surface area contributed by atoms with Crippen molar-refractivity contribution in [1.82, 2.24) is 0 Å². The highest BCUT2D eigenvalue weighted by Gasteiger charge is 2.22. The molecule has 0 spiro atoms. The Morgan fingerprint density at radius 2 is 1.80 bits per heavy atom. The van der Waals surface area contributed by atoms with Crippen LogP contribution in [0, 0.1) is 0 Å². The molecule has 0 saturated heterocycles. The van der Waals surface area contributed by atoms with Crippen molar-refractivity contribution in [3.05, 3.63) is 35.4 Å². The van der Waals surface area contributed by atoms with Gasteiger partial charge in [0.25, 0.3) is 0 Å². The van der Waals surface area contributed by atoms with E-state index in [9.17, 15) is 0 Å². The van der Waals surface area contributed by atoms with Crippen LogP contribution in [0.5, 0.6) is 0 Å². The number of nitrogens with two attached hydrogens (primary N) is 1. The van der Waals surface area contributed by atoms with Gasteiger partial charge in [0, 0.05) is 6.04 Å². The molecule has 2 atom stereocenters. The highest BCUT2D eigenvalue weighted by molar-refractivity contribution is 5.27. The van der Waals surface area contributed by atoms with Gasteiger partial charge in [-0.15, -0.1) is 0 Å². The Bertz CT molecular complexity index is 313. The fourth-order valence-corrected chi connectivity index (χ4v) is 2.47. The first-order chi connectivity index (χ1) is 7.16. The molecule has 1 aliphatic carbocycles. The normalized spacial score (nSPS) is 26.1. The minimum Gasteiger partial charge on any atom is -0.328 e. The van der Waals surface area contributed by atoms with E-state index in [4.69, 9.17) is 5.73 Å². The summed E-state index contributed by atoms with van der Waals surface area (Å²) in [5.74, 6) is 1.34. The molecule has 1 saturated carbocycles. The number of hydrogen-bond acceptors (Lipinski definition) is 1. The Labute approximate surface area is 92.7 Å². The molecule has 1 nitrogen and oxygen atoms in total. The molecule has 1 heteroatoms. The molecule has 1 aromatic carbocycles. The van der Waals surface area contributed by atoms with Crippen molar-refractivity contribution in [2.75, 3.05) is 0 Å². The summed E-state index contributed by atoms with van der Waals surface area (Å²) in [5.41, 5.74) is 8.85. The number of hydrogen-bond donors (Lipinski definition) is 1. The van der Waals surface area contributed by atoms with Crippen LogP contribution in [0.2, 0.25) is 0 Å². The molecular weight excluding hydrogens is 182 g/mol. The summed E-state index contributed by atoms with van der Waals surface area (Å²) in [5, 5.41) is 0. The largest absolute Gasteiger partial charge is 0.328 e. The van der Waals surface area contributed by atoms with Crippen LogP contribution in [-0.2, 0) is 0 Å². The molecule has 1 aromatic rings. The Balaban J connectivity index is 2.10. The highest BCUT2D eigenvalue weighted by Crippen LogP contribution is 2.33. The maximum atomic E-state index is 5.94. The summed E-state index contributed by atoms with van der Waals surface area (Å²) in [4.78, 5) is 0. The summed E-state index contributed by atoms with van der Waals surface area (Å²) in [6.07, 6.45) is 3.62. The van der Waals surface area contributed by atoms with Gasteiger partial charge in [-0.05, 0) is 42.2 Å². The summed E-state index contributed by atoms with van der Waals surface area (Å²) in [7, 11) is 0. The molecule has 0 aliphatic heterocycles.